The van der Waals surface area contributed by atoms with Gasteiger partial charge in [0.1, 0.15) is 0 Å². The van der Waals surface area contributed by atoms with Gasteiger partial charge in [-0.15, -0.1) is 0 Å². The van der Waals surface area contributed by atoms with Crippen LogP contribution < -0.4 is 10.6 Å². The molecule has 0 aromatic heterocycles. The normalized spacial score (nSPS) is 12.6. The molecule has 6 heteroatoms. The first-order valence-electron chi connectivity index (χ1n) is 6.92. The highest BCUT2D eigenvalue weighted by Gasteiger charge is 2.35. The van der Waals surface area contributed by atoms with Gasteiger partial charge in [0.25, 0.3) is 0 Å². The maximum Gasteiger partial charge on any atom is 0.418 e. The van der Waals surface area contributed by atoms with E-state index < -0.39 is 11.7 Å². The van der Waals surface area contributed by atoms with Gasteiger partial charge in [-0.1, -0.05) is 36.7 Å². The molecule has 120 valence electrons. The van der Waals surface area contributed by atoms with E-state index in [2.05, 4.69) is 15.9 Å². The molecule has 0 saturated carbocycles. The summed E-state index contributed by atoms with van der Waals surface area (Å²) in [5.41, 5.74) is 5.08. The summed E-state index contributed by atoms with van der Waals surface area (Å²) in [5.74, 6) is 0. The lowest BCUT2D eigenvalue weighted by Crippen LogP contribution is -2.40. The Balaban J connectivity index is 3.27. The van der Waals surface area contributed by atoms with Crippen LogP contribution in [0.15, 0.2) is 22.7 Å². The average molecular weight is 367 g/mol. The Kier molecular flexibility index (Phi) is 6.11. The number of nitrogens with two attached hydrogens (primary N) is 1. The number of halogens is 4. The van der Waals surface area contributed by atoms with Crippen molar-refractivity contribution in [1.82, 2.24) is 0 Å². The Labute approximate surface area is 132 Å². The largest absolute Gasteiger partial charge is 0.418 e. The SMILES string of the molecule is CCCN(CC(C)(C)CN)c1cc(Br)ccc1C(F)(F)F. The number of rotatable bonds is 6. The zero-order valence-corrected chi connectivity index (χ0v) is 14.2. The highest BCUT2D eigenvalue weighted by Crippen LogP contribution is 2.39. The van der Waals surface area contributed by atoms with Gasteiger partial charge >= 0.3 is 6.18 Å². The Bertz CT molecular complexity index is 472. The van der Waals surface area contributed by atoms with E-state index in [1.165, 1.54) is 12.1 Å². The quantitative estimate of drug-likeness (QED) is 0.792. The topological polar surface area (TPSA) is 29.3 Å². The lowest BCUT2D eigenvalue weighted by molar-refractivity contribution is -0.137. The first kappa shape index (κ1) is 18.3. The van der Waals surface area contributed by atoms with Crippen LogP contribution in [0.1, 0.15) is 32.8 Å². The van der Waals surface area contributed by atoms with E-state index in [9.17, 15) is 13.2 Å². The lowest BCUT2D eigenvalue weighted by Gasteiger charge is -2.35. The van der Waals surface area contributed by atoms with E-state index in [1.54, 1.807) is 4.90 Å². The Morgan fingerprint density at radius 2 is 1.86 bits per heavy atom. The smallest absolute Gasteiger partial charge is 0.370 e. The van der Waals surface area contributed by atoms with Crippen molar-refractivity contribution < 1.29 is 13.2 Å². The van der Waals surface area contributed by atoms with Crippen molar-refractivity contribution in [3.8, 4) is 0 Å². The lowest BCUT2D eigenvalue weighted by atomic mass is 9.92. The zero-order chi connectivity index (χ0) is 16.3. The van der Waals surface area contributed by atoms with Crippen LogP contribution >= 0.6 is 15.9 Å². The highest BCUT2D eigenvalue weighted by molar-refractivity contribution is 9.10. The van der Waals surface area contributed by atoms with Crippen LogP contribution in [0.4, 0.5) is 18.9 Å². The van der Waals surface area contributed by atoms with E-state index in [-0.39, 0.29) is 11.1 Å². The average Bonchev–Trinajstić information content (AvgIpc) is 2.36. The molecule has 0 heterocycles. The fourth-order valence-electron chi connectivity index (χ4n) is 2.14. The number of nitrogens with zero attached hydrogens (tertiary/aromatic N) is 1. The minimum Gasteiger partial charge on any atom is -0.370 e. The molecule has 0 aliphatic carbocycles. The van der Waals surface area contributed by atoms with E-state index in [0.29, 0.717) is 24.1 Å². The second kappa shape index (κ2) is 7.01. The van der Waals surface area contributed by atoms with Crippen molar-refractivity contribution in [3.05, 3.63) is 28.2 Å². The molecule has 1 aromatic rings. The van der Waals surface area contributed by atoms with Gasteiger partial charge in [-0.05, 0) is 36.6 Å². The summed E-state index contributed by atoms with van der Waals surface area (Å²) >= 11 is 3.26. The highest BCUT2D eigenvalue weighted by atomic mass is 79.9. The number of hydrogen-bond donors (Lipinski definition) is 1. The van der Waals surface area contributed by atoms with Crippen molar-refractivity contribution in [2.24, 2.45) is 11.1 Å². The molecule has 1 rings (SSSR count). The predicted molar refractivity (Wildman–Crippen MR) is 84.5 cm³/mol. The van der Waals surface area contributed by atoms with E-state index in [1.807, 2.05) is 20.8 Å². The molecule has 0 unspecified atom stereocenters. The summed E-state index contributed by atoms with van der Waals surface area (Å²) in [4.78, 5) is 1.78. The summed E-state index contributed by atoms with van der Waals surface area (Å²) in [6, 6.07) is 4.08. The molecule has 0 bridgehead atoms. The van der Waals surface area contributed by atoms with Crippen molar-refractivity contribution >= 4 is 21.6 Å². The predicted octanol–water partition coefficient (Wildman–Crippen LogP) is 4.67. The van der Waals surface area contributed by atoms with Crippen LogP contribution in [-0.2, 0) is 6.18 Å². The monoisotopic (exact) mass is 366 g/mol. The maximum atomic E-state index is 13.2. The number of alkyl halides is 3. The van der Waals surface area contributed by atoms with E-state index >= 15 is 0 Å². The molecule has 2 N–H and O–H groups in total. The minimum atomic E-state index is -4.37. The van der Waals surface area contributed by atoms with Crippen LogP contribution in [0.5, 0.6) is 0 Å². The van der Waals surface area contributed by atoms with Gasteiger partial charge in [0.2, 0.25) is 0 Å². The summed E-state index contributed by atoms with van der Waals surface area (Å²) in [6.45, 7) is 7.33. The summed E-state index contributed by atoms with van der Waals surface area (Å²) in [6.07, 6.45) is -3.60. The molecule has 0 aliphatic rings. The van der Waals surface area contributed by atoms with Crippen molar-refractivity contribution in [2.75, 3.05) is 24.5 Å². The Morgan fingerprint density at radius 1 is 1.24 bits per heavy atom. The van der Waals surface area contributed by atoms with Gasteiger partial charge in [0, 0.05) is 17.6 Å². The van der Waals surface area contributed by atoms with Gasteiger partial charge in [0.05, 0.1) is 11.3 Å². The zero-order valence-electron chi connectivity index (χ0n) is 12.6. The van der Waals surface area contributed by atoms with Crippen LogP contribution in [0.3, 0.4) is 0 Å². The van der Waals surface area contributed by atoms with Crippen molar-refractivity contribution in [1.29, 1.82) is 0 Å². The summed E-state index contributed by atoms with van der Waals surface area (Å²) in [7, 11) is 0. The van der Waals surface area contributed by atoms with Crippen molar-refractivity contribution in [2.45, 2.75) is 33.4 Å². The standard InChI is InChI=1S/C15H22BrF3N2/c1-4-7-21(10-14(2,3)9-20)13-8-11(16)5-6-12(13)15(17,18)19/h5-6,8H,4,7,9-10,20H2,1-3H3. The van der Waals surface area contributed by atoms with Gasteiger partial charge < -0.3 is 10.6 Å². The number of benzene rings is 1. The first-order valence-corrected chi connectivity index (χ1v) is 7.72. The van der Waals surface area contributed by atoms with E-state index in [0.717, 1.165) is 12.5 Å². The molecule has 0 radical (unpaired) electrons. The molecule has 0 aliphatic heterocycles. The molecule has 0 saturated heterocycles. The van der Waals surface area contributed by atoms with Crippen LogP contribution in [0, 0.1) is 5.41 Å². The number of hydrogen-bond acceptors (Lipinski definition) is 2. The third-order valence-corrected chi connectivity index (χ3v) is 3.76. The van der Waals surface area contributed by atoms with Crippen molar-refractivity contribution in [3.63, 3.8) is 0 Å². The van der Waals surface area contributed by atoms with Gasteiger partial charge in [-0.3, -0.25) is 0 Å². The van der Waals surface area contributed by atoms with Crippen LogP contribution in [0.25, 0.3) is 0 Å². The summed E-state index contributed by atoms with van der Waals surface area (Å²) in [5, 5.41) is 0. The molecular formula is C15H22BrF3N2. The molecule has 0 spiro atoms. The third-order valence-electron chi connectivity index (χ3n) is 3.27. The van der Waals surface area contributed by atoms with Crippen LogP contribution in [0.2, 0.25) is 0 Å². The van der Waals surface area contributed by atoms with Gasteiger partial charge in [0.15, 0.2) is 0 Å². The molecule has 0 amide bonds. The summed E-state index contributed by atoms with van der Waals surface area (Å²) < 4.78 is 40.3. The van der Waals surface area contributed by atoms with Crippen LogP contribution in [-0.4, -0.2) is 19.6 Å². The Hall–Kier alpha value is -0.750. The minimum absolute atomic E-state index is 0.209. The number of anilines is 1. The maximum absolute atomic E-state index is 13.2. The van der Waals surface area contributed by atoms with E-state index in [4.69, 9.17) is 5.73 Å². The first-order chi connectivity index (χ1) is 9.60. The fraction of sp³-hybridized carbons (Fsp3) is 0.600. The Morgan fingerprint density at radius 3 is 2.33 bits per heavy atom. The molecule has 2 nitrogen and oxygen atoms in total. The van der Waals surface area contributed by atoms with Gasteiger partial charge in [-0.25, -0.2) is 0 Å². The molecule has 21 heavy (non-hydrogen) atoms. The van der Waals surface area contributed by atoms with Gasteiger partial charge in [-0.2, -0.15) is 13.2 Å². The molecule has 0 fully saturated rings. The molecule has 1 aromatic carbocycles. The second-order valence-corrected chi connectivity index (χ2v) is 6.86. The fourth-order valence-corrected chi connectivity index (χ4v) is 2.49. The molecular weight excluding hydrogens is 345 g/mol. The second-order valence-electron chi connectivity index (χ2n) is 5.95. The third kappa shape index (κ3) is 5.18. The molecule has 0 atom stereocenters.